The molecule has 1 amide bonds. The maximum absolute atomic E-state index is 12.3. The van der Waals surface area contributed by atoms with E-state index in [4.69, 9.17) is 9.47 Å². The van der Waals surface area contributed by atoms with Crippen LogP contribution in [-0.2, 0) is 16.6 Å². The van der Waals surface area contributed by atoms with Crippen molar-refractivity contribution in [2.45, 2.75) is 52.0 Å². The Bertz CT molecular complexity index is 760. The standard InChI is InChI=1S/C23H31NO3/c1-16(18-9-11-19(12-10-18)23(2,3)4)24-22(25)14-8-17-7-13-20(26-5)21(15-17)27-6/h7,9-13,15-16H,8,14H2,1-6H3,(H,24,25). The number of methoxy groups -OCH3 is 2. The molecule has 0 aliphatic heterocycles. The Balaban J connectivity index is 1.91. The zero-order valence-electron chi connectivity index (χ0n) is 17.3. The van der Waals surface area contributed by atoms with Crippen molar-refractivity contribution in [2.24, 2.45) is 0 Å². The lowest BCUT2D eigenvalue weighted by atomic mass is 9.86. The minimum Gasteiger partial charge on any atom is -0.493 e. The van der Waals surface area contributed by atoms with Gasteiger partial charge in [-0.3, -0.25) is 4.79 Å². The second-order valence-corrected chi connectivity index (χ2v) is 7.85. The van der Waals surface area contributed by atoms with E-state index in [-0.39, 0.29) is 17.4 Å². The number of nitrogens with one attached hydrogen (secondary N) is 1. The van der Waals surface area contributed by atoms with Crippen molar-refractivity contribution in [3.8, 4) is 11.5 Å². The number of carbonyl (C=O) groups excluding carboxylic acids is 1. The van der Waals surface area contributed by atoms with Crippen LogP contribution >= 0.6 is 0 Å². The molecule has 1 unspecified atom stereocenters. The molecule has 2 aromatic rings. The highest BCUT2D eigenvalue weighted by molar-refractivity contribution is 5.76. The first kappa shape index (κ1) is 20.8. The molecular weight excluding hydrogens is 338 g/mol. The van der Waals surface area contributed by atoms with Gasteiger partial charge in [0.2, 0.25) is 5.91 Å². The van der Waals surface area contributed by atoms with E-state index in [9.17, 15) is 4.79 Å². The number of ether oxygens (including phenoxy) is 2. The van der Waals surface area contributed by atoms with Gasteiger partial charge in [0.25, 0.3) is 0 Å². The van der Waals surface area contributed by atoms with Crippen LogP contribution in [0.5, 0.6) is 11.5 Å². The Morgan fingerprint density at radius 1 is 1.00 bits per heavy atom. The molecule has 0 spiro atoms. The first-order chi connectivity index (χ1) is 12.7. The van der Waals surface area contributed by atoms with Crippen molar-refractivity contribution in [3.63, 3.8) is 0 Å². The zero-order valence-corrected chi connectivity index (χ0v) is 17.3. The fourth-order valence-corrected chi connectivity index (χ4v) is 2.96. The molecule has 0 heterocycles. The monoisotopic (exact) mass is 369 g/mol. The molecule has 4 heteroatoms. The van der Waals surface area contributed by atoms with Crippen LogP contribution in [-0.4, -0.2) is 20.1 Å². The molecule has 0 aliphatic carbocycles. The quantitative estimate of drug-likeness (QED) is 0.762. The molecule has 0 aromatic heterocycles. The van der Waals surface area contributed by atoms with Gasteiger partial charge < -0.3 is 14.8 Å². The second kappa shape index (κ2) is 8.94. The third kappa shape index (κ3) is 5.75. The smallest absolute Gasteiger partial charge is 0.220 e. The Hall–Kier alpha value is -2.49. The van der Waals surface area contributed by atoms with Gasteiger partial charge in [-0.15, -0.1) is 0 Å². The van der Waals surface area contributed by atoms with Crippen LogP contribution in [0.25, 0.3) is 0 Å². The molecular formula is C23H31NO3. The molecule has 1 atom stereocenters. The predicted molar refractivity (Wildman–Crippen MR) is 110 cm³/mol. The van der Waals surface area contributed by atoms with E-state index in [2.05, 4.69) is 50.4 Å². The van der Waals surface area contributed by atoms with E-state index in [0.29, 0.717) is 24.3 Å². The van der Waals surface area contributed by atoms with E-state index in [1.807, 2.05) is 25.1 Å². The molecule has 2 aromatic carbocycles. The lowest BCUT2D eigenvalue weighted by molar-refractivity contribution is -0.121. The summed E-state index contributed by atoms with van der Waals surface area (Å²) < 4.78 is 10.6. The van der Waals surface area contributed by atoms with Crippen molar-refractivity contribution in [3.05, 3.63) is 59.2 Å². The molecule has 0 saturated heterocycles. The van der Waals surface area contributed by atoms with Crippen molar-refractivity contribution < 1.29 is 14.3 Å². The lowest BCUT2D eigenvalue weighted by Crippen LogP contribution is -2.26. The van der Waals surface area contributed by atoms with Crippen LogP contribution in [0.2, 0.25) is 0 Å². The van der Waals surface area contributed by atoms with Gasteiger partial charge in [-0.2, -0.15) is 0 Å². The summed E-state index contributed by atoms with van der Waals surface area (Å²) in [4.78, 5) is 12.3. The summed E-state index contributed by atoms with van der Waals surface area (Å²) in [6.07, 6.45) is 1.09. The van der Waals surface area contributed by atoms with Crippen LogP contribution in [0.1, 0.15) is 56.8 Å². The third-order valence-corrected chi connectivity index (χ3v) is 4.74. The lowest BCUT2D eigenvalue weighted by Gasteiger charge is -2.20. The summed E-state index contributed by atoms with van der Waals surface area (Å²) in [5.74, 6) is 1.41. The van der Waals surface area contributed by atoms with Gasteiger partial charge in [0.05, 0.1) is 20.3 Å². The van der Waals surface area contributed by atoms with Gasteiger partial charge in [-0.25, -0.2) is 0 Å². The average Bonchev–Trinajstić information content (AvgIpc) is 2.65. The van der Waals surface area contributed by atoms with Gasteiger partial charge in [-0.1, -0.05) is 51.1 Å². The Labute approximate surface area is 162 Å². The van der Waals surface area contributed by atoms with Crippen LogP contribution < -0.4 is 14.8 Å². The summed E-state index contributed by atoms with van der Waals surface area (Å²) >= 11 is 0. The van der Waals surface area contributed by atoms with Crippen LogP contribution in [0.15, 0.2) is 42.5 Å². The molecule has 4 nitrogen and oxygen atoms in total. The van der Waals surface area contributed by atoms with Gasteiger partial charge in [0, 0.05) is 6.42 Å². The molecule has 0 fully saturated rings. The van der Waals surface area contributed by atoms with E-state index < -0.39 is 0 Å². The Kier molecular flexibility index (Phi) is 6.89. The van der Waals surface area contributed by atoms with Gasteiger partial charge in [0.1, 0.15) is 0 Å². The number of hydrogen-bond acceptors (Lipinski definition) is 3. The van der Waals surface area contributed by atoms with Crippen molar-refractivity contribution >= 4 is 5.91 Å². The van der Waals surface area contributed by atoms with Gasteiger partial charge in [0.15, 0.2) is 11.5 Å². The average molecular weight is 370 g/mol. The van der Waals surface area contributed by atoms with Crippen molar-refractivity contribution in [1.29, 1.82) is 0 Å². The predicted octanol–water partition coefficient (Wildman–Crippen LogP) is 4.81. The molecule has 0 aliphatic rings. The highest BCUT2D eigenvalue weighted by Gasteiger charge is 2.15. The molecule has 0 saturated carbocycles. The van der Waals surface area contributed by atoms with Crippen LogP contribution in [0.3, 0.4) is 0 Å². The number of hydrogen-bond donors (Lipinski definition) is 1. The Morgan fingerprint density at radius 2 is 1.63 bits per heavy atom. The fourth-order valence-electron chi connectivity index (χ4n) is 2.96. The zero-order chi connectivity index (χ0) is 20.0. The van der Waals surface area contributed by atoms with Gasteiger partial charge in [-0.05, 0) is 47.6 Å². The van der Waals surface area contributed by atoms with Gasteiger partial charge >= 0.3 is 0 Å². The maximum atomic E-state index is 12.3. The molecule has 27 heavy (non-hydrogen) atoms. The largest absolute Gasteiger partial charge is 0.493 e. The number of rotatable bonds is 7. The fraction of sp³-hybridized carbons (Fsp3) is 0.435. The summed E-state index contributed by atoms with van der Waals surface area (Å²) in [5, 5.41) is 3.08. The number of amides is 1. The molecule has 146 valence electrons. The highest BCUT2D eigenvalue weighted by atomic mass is 16.5. The van der Waals surface area contributed by atoms with E-state index in [1.165, 1.54) is 5.56 Å². The summed E-state index contributed by atoms with van der Waals surface area (Å²) in [5.41, 5.74) is 3.58. The molecule has 0 radical (unpaired) electrons. The van der Waals surface area contributed by atoms with E-state index >= 15 is 0 Å². The topological polar surface area (TPSA) is 47.6 Å². The minimum atomic E-state index is -0.0167. The van der Waals surface area contributed by atoms with Crippen LogP contribution in [0.4, 0.5) is 0 Å². The van der Waals surface area contributed by atoms with Crippen molar-refractivity contribution in [1.82, 2.24) is 5.32 Å². The molecule has 2 rings (SSSR count). The minimum absolute atomic E-state index is 0.0167. The van der Waals surface area contributed by atoms with Crippen LogP contribution in [0, 0.1) is 0 Å². The molecule has 1 N–H and O–H groups in total. The summed E-state index contributed by atoms with van der Waals surface area (Å²) in [6, 6.07) is 14.2. The number of aryl methyl sites for hydroxylation is 1. The van der Waals surface area contributed by atoms with E-state index in [0.717, 1.165) is 11.1 Å². The molecule has 0 bridgehead atoms. The van der Waals surface area contributed by atoms with Crippen molar-refractivity contribution in [2.75, 3.05) is 14.2 Å². The Morgan fingerprint density at radius 3 is 2.19 bits per heavy atom. The highest BCUT2D eigenvalue weighted by Crippen LogP contribution is 2.28. The van der Waals surface area contributed by atoms with E-state index in [1.54, 1.807) is 14.2 Å². The number of carbonyl (C=O) groups is 1. The maximum Gasteiger partial charge on any atom is 0.220 e. The number of benzene rings is 2. The summed E-state index contributed by atoms with van der Waals surface area (Å²) in [6.45, 7) is 8.60. The summed E-state index contributed by atoms with van der Waals surface area (Å²) in [7, 11) is 3.22. The third-order valence-electron chi connectivity index (χ3n) is 4.74. The normalized spacial score (nSPS) is 12.4. The SMILES string of the molecule is COc1ccc(CCC(=O)NC(C)c2ccc(C(C)(C)C)cc2)cc1OC. The second-order valence-electron chi connectivity index (χ2n) is 7.85. The first-order valence-corrected chi connectivity index (χ1v) is 9.35. The first-order valence-electron chi connectivity index (χ1n) is 9.35.